The van der Waals surface area contributed by atoms with Crippen molar-refractivity contribution in [1.82, 2.24) is 10.2 Å². The Bertz CT molecular complexity index is 830. The Hall–Kier alpha value is -2.28. The third-order valence-electron chi connectivity index (χ3n) is 5.87. The summed E-state index contributed by atoms with van der Waals surface area (Å²) in [4.78, 5) is 38.7. The van der Waals surface area contributed by atoms with Crippen molar-refractivity contribution in [2.24, 2.45) is 0 Å². The third-order valence-corrected chi connectivity index (χ3v) is 7.29. The van der Waals surface area contributed by atoms with Crippen LogP contribution >= 0.6 is 11.8 Å². The van der Waals surface area contributed by atoms with Crippen LogP contribution in [0, 0.1) is 0 Å². The van der Waals surface area contributed by atoms with Gasteiger partial charge in [-0.1, -0.05) is 43.2 Å². The number of amides is 2. The van der Waals surface area contributed by atoms with Gasteiger partial charge in [-0.2, -0.15) is 0 Å². The Labute approximate surface area is 162 Å². The molecule has 2 N–H and O–H groups in total. The second kappa shape index (κ2) is 6.71. The highest BCUT2D eigenvalue weighted by atomic mass is 32.2. The first-order chi connectivity index (χ1) is 13.0. The predicted molar refractivity (Wildman–Crippen MR) is 102 cm³/mol. The molecule has 142 valence electrons. The number of thioether (sulfide) groups is 1. The van der Waals surface area contributed by atoms with E-state index in [1.165, 1.54) is 16.7 Å². The van der Waals surface area contributed by atoms with Crippen LogP contribution < -0.4 is 5.32 Å². The molecule has 1 aromatic rings. The molecule has 2 amide bonds. The number of carbonyl (C=O) groups excluding carboxylic acids is 2. The number of fused-ring (bicyclic) bond motifs is 1. The van der Waals surface area contributed by atoms with Crippen molar-refractivity contribution in [1.29, 1.82) is 0 Å². The van der Waals surface area contributed by atoms with Crippen LogP contribution in [-0.4, -0.2) is 45.0 Å². The molecule has 3 aliphatic rings. The molecule has 2 atom stereocenters. The summed E-state index contributed by atoms with van der Waals surface area (Å²) in [6.45, 7) is 1.73. The molecule has 1 aliphatic carbocycles. The summed E-state index contributed by atoms with van der Waals surface area (Å²) in [6.07, 6.45) is 3.50. The monoisotopic (exact) mass is 386 g/mol. The van der Waals surface area contributed by atoms with Gasteiger partial charge in [-0.3, -0.25) is 14.5 Å². The molecule has 0 unspecified atom stereocenters. The van der Waals surface area contributed by atoms with Crippen LogP contribution in [0.4, 0.5) is 0 Å². The number of nitrogens with zero attached hydrogens (tertiary/aromatic N) is 1. The van der Waals surface area contributed by atoms with Crippen LogP contribution in [0.3, 0.4) is 0 Å². The van der Waals surface area contributed by atoms with Gasteiger partial charge in [0, 0.05) is 5.75 Å². The van der Waals surface area contributed by atoms with E-state index < -0.39 is 17.4 Å². The Morgan fingerprint density at radius 2 is 1.89 bits per heavy atom. The fourth-order valence-electron chi connectivity index (χ4n) is 4.44. The summed E-state index contributed by atoms with van der Waals surface area (Å²) in [5.41, 5.74) is 1.14. The van der Waals surface area contributed by atoms with E-state index in [0.29, 0.717) is 11.3 Å². The lowest BCUT2D eigenvalue weighted by Gasteiger charge is -2.50. The molecule has 0 spiro atoms. The average Bonchev–Trinajstić information content (AvgIpc) is 3.17. The first kappa shape index (κ1) is 18.1. The smallest absolute Gasteiger partial charge is 0.352 e. The second-order valence-corrected chi connectivity index (χ2v) is 8.56. The first-order valence-electron chi connectivity index (χ1n) is 9.20. The minimum absolute atomic E-state index is 0.0629. The number of hydrogen-bond acceptors (Lipinski definition) is 4. The maximum atomic E-state index is 13.3. The average molecular weight is 386 g/mol. The van der Waals surface area contributed by atoms with Gasteiger partial charge in [0.1, 0.15) is 17.1 Å². The van der Waals surface area contributed by atoms with Crippen LogP contribution in [0.15, 0.2) is 41.6 Å². The largest absolute Gasteiger partial charge is 0.477 e. The number of nitrogens with one attached hydrogen (secondary N) is 1. The number of carboxylic acids is 1. The highest BCUT2D eigenvalue weighted by Crippen LogP contribution is 2.44. The molecular formula is C20H22N2O4S. The van der Waals surface area contributed by atoms with Crippen LogP contribution in [0.2, 0.25) is 0 Å². The van der Waals surface area contributed by atoms with Crippen LogP contribution in [0.25, 0.3) is 0 Å². The van der Waals surface area contributed by atoms with Gasteiger partial charge in [0.25, 0.3) is 5.91 Å². The molecule has 1 saturated heterocycles. The lowest BCUT2D eigenvalue weighted by molar-refractivity contribution is -0.151. The normalized spacial score (nSPS) is 26.4. The molecule has 27 heavy (non-hydrogen) atoms. The standard InChI is InChI=1S/C20H22N2O4S/c1-12-11-27-17-14(16(23)22(17)15(12)18(24)25)21-19(26)20(9-5-6-10-20)13-7-3-2-4-8-13/h2-4,7-8,14,17H,5-6,9-11H2,1H3,(H,21,26)(H,24,25)/t14-,17+/m0/s1. The third kappa shape index (κ3) is 2.76. The summed E-state index contributed by atoms with van der Waals surface area (Å²) in [5.74, 6) is -0.995. The van der Waals surface area contributed by atoms with E-state index in [-0.39, 0.29) is 22.9 Å². The molecule has 2 aliphatic heterocycles. The lowest BCUT2D eigenvalue weighted by Crippen LogP contribution is -2.71. The van der Waals surface area contributed by atoms with Crippen molar-refractivity contribution >= 4 is 29.5 Å². The Balaban J connectivity index is 1.56. The molecule has 7 heteroatoms. The number of rotatable bonds is 4. The molecule has 0 aromatic heterocycles. The van der Waals surface area contributed by atoms with E-state index in [1.807, 2.05) is 30.3 Å². The summed E-state index contributed by atoms with van der Waals surface area (Å²) < 4.78 is 0. The van der Waals surface area contributed by atoms with Gasteiger partial charge in [0.05, 0.1) is 5.41 Å². The first-order valence-corrected chi connectivity index (χ1v) is 10.2. The van der Waals surface area contributed by atoms with Crippen molar-refractivity contribution in [2.45, 2.75) is 49.4 Å². The molecule has 4 rings (SSSR count). The number of carbonyl (C=O) groups is 3. The summed E-state index contributed by atoms with van der Waals surface area (Å²) >= 11 is 1.50. The maximum Gasteiger partial charge on any atom is 0.352 e. The minimum atomic E-state index is -1.09. The van der Waals surface area contributed by atoms with Crippen molar-refractivity contribution in [3.63, 3.8) is 0 Å². The van der Waals surface area contributed by atoms with Gasteiger partial charge in [0.15, 0.2) is 0 Å². The Kier molecular flexibility index (Phi) is 4.50. The molecule has 1 saturated carbocycles. The number of carboxylic acid groups (broad SMARTS) is 1. The molecule has 0 radical (unpaired) electrons. The maximum absolute atomic E-state index is 13.3. The predicted octanol–water partition coefficient (Wildman–Crippen LogP) is 2.26. The molecule has 2 fully saturated rings. The van der Waals surface area contributed by atoms with E-state index in [9.17, 15) is 19.5 Å². The van der Waals surface area contributed by atoms with Crippen molar-refractivity contribution < 1.29 is 19.5 Å². The fraction of sp³-hybridized carbons (Fsp3) is 0.450. The van der Waals surface area contributed by atoms with E-state index in [0.717, 1.165) is 31.2 Å². The quantitative estimate of drug-likeness (QED) is 0.775. The van der Waals surface area contributed by atoms with Gasteiger partial charge in [-0.15, -0.1) is 11.8 Å². The Morgan fingerprint density at radius 3 is 2.52 bits per heavy atom. The Morgan fingerprint density at radius 1 is 1.22 bits per heavy atom. The van der Waals surface area contributed by atoms with E-state index in [1.54, 1.807) is 6.92 Å². The highest BCUT2D eigenvalue weighted by molar-refractivity contribution is 8.00. The SMILES string of the molecule is CC1=C(C(=O)O)N2C(=O)[C@H](NC(=O)C3(c4ccccc4)CCCC3)[C@H]2SC1. The van der Waals surface area contributed by atoms with E-state index >= 15 is 0 Å². The van der Waals surface area contributed by atoms with Crippen molar-refractivity contribution in [3.8, 4) is 0 Å². The van der Waals surface area contributed by atoms with Gasteiger partial charge >= 0.3 is 5.97 Å². The van der Waals surface area contributed by atoms with Gasteiger partial charge in [-0.25, -0.2) is 4.79 Å². The van der Waals surface area contributed by atoms with Crippen LogP contribution in [0.1, 0.15) is 38.2 Å². The van der Waals surface area contributed by atoms with Crippen LogP contribution in [-0.2, 0) is 19.8 Å². The van der Waals surface area contributed by atoms with E-state index in [4.69, 9.17) is 0 Å². The van der Waals surface area contributed by atoms with Gasteiger partial charge in [0.2, 0.25) is 5.91 Å². The number of β-lactam (4-membered cyclic amide) rings is 1. The van der Waals surface area contributed by atoms with Gasteiger partial charge in [-0.05, 0) is 30.9 Å². The topological polar surface area (TPSA) is 86.7 Å². The van der Waals surface area contributed by atoms with Crippen molar-refractivity contribution in [2.75, 3.05) is 5.75 Å². The molecular weight excluding hydrogens is 364 g/mol. The second-order valence-electron chi connectivity index (χ2n) is 7.45. The zero-order chi connectivity index (χ0) is 19.2. The summed E-state index contributed by atoms with van der Waals surface area (Å²) in [7, 11) is 0. The number of hydrogen-bond donors (Lipinski definition) is 2. The van der Waals surface area contributed by atoms with Crippen molar-refractivity contribution in [3.05, 3.63) is 47.2 Å². The van der Waals surface area contributed by atoms with E-state index in [2.05, 4.69) is 5.32 Å². The molecule has 1 aromatic carbocycles. The molecule has 0 bridgehead atoms. The minimum Gasteiger partial charge on any atom is -0.477 e. The van der Waals surface area contributed by atoms with Crippen LogP contribution in [0.5, 0.6) is 0 Å². The zero-order valence-electron chi connectivity index (χ0n) is 15.1. The molecule has 6 nitrogen and oxygen atoms in total. The fourth-order valence-corrected chi connectivity index (χ4v) is 5.73. The summed E-state index contributed by atoms with van der Waals surface area (Å²) in [5, 5.41) is 12.0. The number of aliphatic carboxylic acids is 1. The number of benzene rings is 1. The van der Waals surface area contributed by atoms with Gasteiger partial charge < -0.3 is 10.4 Å². The molecule has 2 heterocycles. The highest BCUT2D eigenvalue weighted by Gasteiger charge is 2.55. The summed E-state index contributed by atoms with van der Waals surface area (Å²) in [6, 6.07) is 9.09. The zero-order valence-corrected chi connectivity index (χ0v) is 15.9. The lowest BCUT2D eigenvalue weighted by atomic mass is 9.77.